The fraction of sp³-hybridized carbons (Fsp3) is 0.431. The van der Waals surface area contributed by atoms with Gasteiger partial charge in [0.15, 0.2) is 0 Å². The van der Waals surface area contributed by atoms with Crippen LogP contribution in [0.3, 0.4) is 0 Å². The lowest BCUT2D eigenvalue weighted by atomic mass is 9.80. The Morgan fingerprint density at radius 2 is 1.45 bits per heavy atom. The Labute approximate surface area is 671 Å². The van der Waals surface area contributed by atoms with Gasteiger partial charge in [0.05, 0.1) is 70.3 Å². The van der Waals surface area contributed by atoms with E-state index in [9.17, 15) is 68.7 Å². The van der Waals surface area contributed by atoms with E-state index >= 15 is 14.4 Å². The first kappa shape index (κ1) is 85.9. The molecule has 18 N–H and O–H groups in total. The molecule has 0 saturated heterocycles. The maximum absolute atomic E-state index is 15.4. The van der Waals surface area contributed by atoms with Crippen molar-refractivity contribution in [2.45, 2.75) is 185 Å². The van der Waals surface area contributed by atoms with Crippen molar-refractivity contribution in [3.8, 4) is 0 Å². The number of hydrogen-bond acceptors (Lipinski definition) is 31. The SMILES string of the molecule is C=C(NC(=O)C(=C)NC(=O)c1csc(C2=N[C@@H]3c4csc(n4)[C@H]4NC(=O)c5csc(n5)[C@H]([C@](C)(O)[C@@H](C)O)NC(=O)[C@H]5CSC(=N5)/C(=C/C)NC(=O)[C@H]([C@H](C)O)NC(=O)c5csc(n5)[C@]3(CC2)NC(=O)[C@@H](C)NC(=O)C(=C)NC(=O)[C@@H](C)NC(=O)[C@H]([C@@H](C)CC)N[C@@H]2C=Cc3c([C@H](C)O)cc(nc3[C@H]2O)C(=O)O[C@@H]4C)n1)C(N)=O. The van der Waals surface area contributed by atoms with Crippen LogP contribution in [0.25, 0.3) is 6.08 Å². The molecule has 0 fully saturated rings. The van der Waals surface area contributed by atoms with Crippen LogP contribution in [-0.4, -0.2) is 198 Å². The van der Waals surface area contributed by atoms with Crippen molar-refractivity contribution in [3.63, 3.8) is 0 Å². The molecule has 114 heavy (non-hydrogen) atoms. The molecule has 5 aliphatic rings. The second kappa shape index (κ2) is 35.5. The number of nitrogens with one attached hydrogen (secondary N) is 11. The van der Waals surface area contributed by atoms with Gasteiger partial charge in [-0.25, -0.2) is 29.7 Å². The second-order valence-corrected chi connectivity index (χ2v) is 32.3. The third-order valence-corrected chi connectivity index (χ3v) is 24.3. The highest BCUT2D eigenvalue weighted by Gasteiger charge is 2.51. The van der Waals surface area contributed by atoms with Crippen LogP contribution < -0.4 is 64.2 Å². The number of fused-ring (bicyclic) bond motifs is 7. The zero-order valence-electron chi connectivity index (χ0n) is 63.0. The van der Waals surface area contributed by atoms with E-state index in [4.69, 9.17) is 25.4 Å². The molecule has 5 aromatic heterocycles. The number of nitrogens with zero attached hydrogens (tertiary/aromatic N) is 7. The summed E-state index contributed by atoms with van der Waals surface area (Å²) in [5, 5.41) is 92.2. The van der Waals surface area contributed by atoms with Crippen LogP contribution in [0.4, 0.5) is 0 Å². The van der Waals surface area contributed by atoms with Gasteiger partial charge in [0.2, 0.25) is 29.5 Å². The molecule has 0 unspecified atom stereocenters. The highest BCUT2D eigenvalue weighted by molar-refractivity contribution is 8.14. The fourth-order valence-corrected chi connectivity index (χ4v) is 17.2. The van der Waals surface area contributed by atoms with Gasteiger partial charge in [-0.2, -0.15) is 0 Å². The topological polar surface area (TPSA) is 563 Å². The van der Waals surface area contributed by atoms with Crippen LogP contribution in [0.2, 0.25) is 0 Å². The predicted octanol–water partition coefficient (Wildman–Crippen LogP) is 0.774. The lowest BCUT2D eigenvalue weighted by Gasteiger charge is -2.41. The Balaban J connectivity index is 1.18. The van der Waals surface area contributed by atoms with Gasteiger partial charge in [0, 0.05) is 32.8 Å². The number of carbonyl (C=O) groups excluding carboxylic acids is 12. The Hall–Kier alpha value is -10.5. The maximum atomic E-state index is 15.4. The molecule has 4 aliphatic heterocycles. The molecule has 42 heteroatoms. The highest BCUT2D eigenvalue weighted by atomic mass is 32.2. The van der Waals surface area contributed by atoms with Crippen molar-refractivity contribution in [2.75, 3.05) is 5.75 Å². The molecular formula is C72H85N19O18S5. The molecule has 10 rings (SSSR count). The van der Waals surface area contributed by atoms with Crippen molar-refractivity contribution >= 4 is 145 Å². The Morgan fingerprint density at radius 1 is 0.763 bits per heavy atom. The number of aliphatic hydroxyl groups is 5. The van der Waals surface area contributed by atoms with Crippen LogP contribution in [0.5, 0.6) is 0 Å². The molecular weight excluding hydrogens is 1580 g/mol. The predicted molar refractivity (Wildman–Crippen MR) is 418 cm³/mol. The molecule has 17 atom stereocenters. The number of pyridine rings is 1. The molecule has 0 radical (unpaired) electrons. The summed E-state index contributed by atoms with van der Waals surface area (Å²) in [6, 6.07) is -11.6. The van der Waals surface area contributed by atoms with Crippen LogP contribution in [0.15, 0.2) is 92.2 Å². The average Bonchev–Trinajstić information content (AvgIpc) is 1.50. The number of aromatic nitrogens is 5. The summed E-state index contributed by atoms with van der Waals surface area (Å²) in [6.07, 6.45) is -3.18. The van der Waals surface area contributed by atoms with Crippen molar-refractivity contribution in [1.29, 1.82) is 0 Å². The van der Waals surface area contributed by atoms with Gasteiger partial charge in [-0.3, -0.25) is 68.0 Å². The molecule has 1 aliphatic carbocycles. The summed E-state index contributed by atoms with van der Waals surface area (Å²) in [4.78, 5) is 204. The van der Waals surface area contributed by atoms with Crippen LogP contribution >= 0.6 is 57.1 Å². The van der Waals surface area contributed by atoms with E-state index in [1.165, 1.54) is 88.2 Å². The molecule has 37 nitrogen and oxygen atoms in total. The van der Waals surface area contributed by atoms with E-state index in [-0.39, 0.29) is 94.7 Å². The number of thioether (sulfide) groups is 1. The van der Waals surface area contributed by atoms with Gasteiger partial charge in [-0.15, -0.1) is 57.1 Å². The van der Waals surface area contributed by atoms with Crippen LogP contribution in [0.1, 0.15) is 203 Å². The van der Waals surface area contributed by atoms with E-state index < -0.39 is 196 Å². The molecule has 0 aromatic carbocycles. The number of cyclic esters (lactones) is 1. The van der Waals surface area contributed by atoms with E-state index in [2.05, 4.69) is 98.2 Å². The minimum absolute atomic E-state index is 0.0158. The summed E-state index contributed by atoms with van der Waals surface area (Å²) >= 11 is 4.42. The number of amides is 11. The molecule has 0 saturated carbocycles. The number of carbonyl (C=O) groups is 12. The smallest absolute Gasteiger partial charge is 0.357 e. The first-order valence-electron chi connectivity index (χ1n) is 35.6. The number of aliphatic hydroxyl groups excluding tert-OH is 4. The molecule has 9 heterocycles. The quantitative estimate of drug-likeness (QED) is 0.0606. The van der Waals surface area contributed by atoms with Crippen LogP contribution in [-0.2, 0) is 48.6 Å². The minimum Gasteiger partial charge on any atom is -0.455 e. The number of esters is 1. The number of primary amides is 1. The Morgan fingerprint density at radius 3 is 2.12 bits per heavy atom. The van der Waals surface area contributed by atoms with Gasteiger partial charge < -0.3 is 89.2 Å². The number of nitrogens with two attached hydrogens (primary N) is 1. The maximum Gasteiger partial charge on any atom is 0.357 e. The fourth-order valence-electron chi connectivity index (χ4n) is 12.3. The molecule has 11 amide bonds. The van der Waals surface area contributed by atoms with Crippen molar-refractivity contribution < 1.29 is 87.8 Å². The number of allylic oxidation sites excluding steroid dienone is 1. The zero-order valence-corrected chi connectivity index (χ0v) is 67.1. The normalized spacial score (nSPS) is 26.9. The number of rotatable bonds is 12. The average molecular weight is 1660 g/mol. The number of aliphatic imine (C=N–C) groups is 2. The second-order valence-electron chi connectivity index (χ2n) is 27.8. The van der Waals surface area contributed by atoms with E-state index in [1.54, 1.807) is 26.8 Å². The van der Waals surface area contributed by atoms with E-state index in [1.807, 2.05) is 0 Å². The van der Waals surface area contributed by atoms with E-state index in [0.717, 1.165) is 57.1 Å². The van der Waals surface area contributed by atoms with Gasteiger partial charge >= 0.3 is 5.97 Å². The van der Waals surface area contributed by atoms with Gasteiger partial charge in [-0.05, 0) is 85.8 Å². The third-order valence-electron chi connectivity index (χ3n) is 19.5. The Kier molecular flexibility index (Phi) is 26.7. The van der Waals surface area contributed by atoms with E-state index in [0.29, 0.717) is 6.42 Å². The highest BCUT2D eigenvalue weighted by Crippen LogP contribution is 2.48. The minimum atomic E-state index is -2.21. The number of ether oxygens (including phenoxy) is 1. The summed E-state index contributed by atoms with van der Waals surface area (Å²) in [5.41, 5.74) is -1.79. The summed E-state index contributed by atoms with van der Waals surface area (Å²) < 4.78 is 6.26. The van der Waals surface area contributed by atoms with Crippen molar-refractivity contribution in [3.05, 3.63) is 148 Å². The standard InChI is InChI=1S/C72H85N19O18S5/c1-14-26(3)47-63(105)78-30(7)57(99)75-28(5)56(98)76-31(8)58(100)91-72-19-18-40(66-85-43(22-111-66)59(101)77-29(6)55(97)74-27(4)54(73)96)81-52(72)42-21-112-67(83-42)49(34(11)109-69(107)41-20-37(32(9)92)36-16-17-39(79-47)51(95)50(36)80-41)89-60(102)44-24-113-68(86-44)53(71(13,108)35(12)94)90-62(104)45-23-110-65(84-45)38(15-2)82-64(106)48(33(10)93)88-61(103)46-25-114-70(72)87-46/h15-17,20-22,24-26,30-35,39,45,47-49,51-53,79,92-95,108H,4-6,14,18-19,23H2,1-3,7-13H3,(H2,73,96)(H,74,97)(H,75,99)(H,76,98)(H,77,101)(H,78,105)(H,82,106)(H,88,103)(H,89,102)(H,90,104)(H,91,100)/b38-15-/t26-,30+,31+,32-,33-,34+,35+,39+,45+,47-,48-,49-,51-,52+,53+,71+,72+/m0/s1. The summed E-state index contributed by atoms with van der Waals surface area (Å²) in [7, 11) is 0. The van der Waals surface area contributed by atoms with Crippen LogP contribution in [0, 0.1) is 5.92 Å². The monoisotopic (exact) mass is 1660 g/mol. The van der Waals surface area contributed by atoms with Gasteiger partial charge in [0.25, 0.3) is 35.4 Å². The lowest BCUT2D eigenvalue weighted by molar-refractivity contribution is -0.131. The third kappa shape index (κ3) is 18.6. The summed E-state index contributed by atoms with van der Waals surface area (Å²) in [6.45, 7) is 24.9. The lowest BCUT2D eigenvalue weighted by Crippen LogP contribution is -2.57. The van der Waals surface area contributed by atoms with Gasteiger partial charge in [-0.1, -0.05) is 58.2 Å². The van der Waals surface area contributed by atoms with Crippen molar-refractivity contribution in [1.82, 2.24) is 83.4 Å². The van der Waals surface area contributed by atoms with Gasteiger partial charge in [0.1, 0.15) is 113 Å². The molecule has 13 bridgehead atoms. The molecule has 606 valence electrons. The largest absolute Gasteiger partial charge is 0.455 e. The Bertz CT molecular complexity index is 4880. The first-order chi connectivity index (χ1) is 53.7. The number of thiazole rings is 4. The molecule has 0 spiro atoms. The first-order valence-corrected chi connectivity index (χ1v) is 40.1. The summed E-state index contributed by atoms with van der Waals surface area (Å²) in [5.74, 6) is -12.2. The van der Waals surface area contributed by atoms with Crippen molar-refractivity contribution in [2.24, 2.45) is 21.6 Å². The zero-order chi connectivity index (χ0) is 83.4. The number of hydrogen-bond donors (Lipinski definition) is 17. The molecule has 5 aromatic rings.